The number of rotatable bonds is 4. The first-order chi connectivity index (χ1) is 9.01. The van der Waals surface area contributed by atoms with Crippen molar-refractivity contribution in [2.24, 2.45) is 11.3 Å². The van der Waals surface area contributed by atoms with Gasteiger partial charge in [0, 0.05) is 6.54 Å². The Kier molecular flexibility index (Phi) is 5.01. The molecule has 0 aromatic heterocycles. The van der Waals surface area contributed by atoms with Gasteiger partial charge in [0.2, 0.25) is 0 Å². The van der Waals surface area contributed by atoms with E-state index in [0.29, 0.717) is 6.42 Å². The van der Waals surface area contributed by atoms with Gasteiger partial charge in [0.15, 0.2) is 9.84 Å². The molecule has 20 heavy (non-hydrogen) atoms. The molecule has 3 N–H and O–H groups in total. The number of hydrogen-bond donors (Lipinski definition) is 3. The number of aliphatic carboxylic acids is 1. The van der Waals surface area contributed by atoms with Gasteiger partial charge in [0.05, 0.1) is 11.5 Å². The fourth-order valence-corrected chi connectivity index (χ4v) is 3.96. The van der Waals surface area contributed by atoms with Gasteiger partial charge in [0.25, 0.3) is 0 Å². The van der Waals surface area contributed by atoms with Gasteiger partial charge in [-0.3, -0.25) is 0 Å². The largest absolute Gasteiger partial charge is 0.480 e. The maximum absolute atomic E-state index is 11.7. The van der Waals surface area contributed by atoms with Gasteiger partial charge in [-0.05, 0) is 17.8 Å². The summed E-state index contributed by atoms with van der Waals surface area (Å²) in [6.45, 7) is 5.39. The first-order valence-corrected chi connectivity index (χ1v) is 8.31. The second-order valence-electron chi connectivity index (χ2n) is 6.26. The third-order valence-electron chi connectivity index (χ3n) is 3.27. The van der Waals surface area contributed by atoms with Crippen LogP contribution in [0.15, 0.2) is 0 Å². The third-order valence-corrected chi connectivity index (χ3v) is 5.10. The lowest BCUT2D eigenvalue weighted by Gasteiger charge is -2.27. The normalized spacial score (nSPS) is 23.1. The molecule has 0 aromatic rings. The van der Waals surface area contributed by atoms with Crippen molar-refractivity contribution >= 4 is 21.8 Å². The van der Waals surface area contributed by atoms with Crippen LogP contribution < -0.4 is 10.6 Å². The Labute approximate surface area is 119 Å². The Bertz CT molecular complexity index is 481. The molecule has 1 saturated heterocycles. The summed E-state index contributed by atoms with van der Waals surface area (Å²) >= 11 is 0. The van der Waals surface area contributed by atoms with Crippen LogP contribution in [0.25, 0.3) is 0 Å². The predicted molar refractivity (Wildman–Crippen MR) is 74.2 cm³/mol. The van der Waals surface area contributed by atoms with Crippen molar-refractivity contribution in [2.45, 2.75) is 33.2 Å². The summed E-state index contributed by atoms with van der Waals surface area (Å²) in [5, 5.41) is 14.0. The number of hydrogen-bond acceptors (Lipinski definition) is 4. The summed E-state index contributed by atoms with van der Waals surface area (Å²) < 4.78 is 22.6. The van der Waals surface area contributed by atoms with Crippen molar-refractivity contribution in [1.82, 2.24) is 10.6 Å². The minimum atomic E-state index is -2.97. The van der Waals surface area contributed by atoms with E-state index >= 15 is 0 Å². The van der Waals surface area contributed by atoms with E-state index in [4.69, 9.17) is 5.11 Å². The van der Waals surface area contributed by atoms with E-state index < -0.39 is 33.3 Å². The number of carboxylic acids is 1. The van der Waals surface area contributed by atoms with Gasteiger partial charge in [0.1, 0.15) is 6.04 Å². The highest BCUT2D eigenvalue weighted by Crippen LogP contribution is 2.19. The first kappa shape index (κ1) is 16.7. The number of carboxylic acid groups (broad SMARTS) is 1. The Morgan fingerprint density at radius 2 is 1.95 bits per heavy atom. The molecule has 2 atom stereocenters. The monoisotopic (exact) mass is 306 g/mol. The lowest BCUT2D eigenvalue weighted by molar-refractivity contribution is -0.141. The van der Waals surface area contributed by atoms with Crippen LogP contribution in [0.3, 0.4) is 0 Å². The molecular formula is C12H22N2O5S. The van der Waals surface area contributed by atoms with Gasteiger partial charge in [-0.1, -0.05) is 20.8 Å². The maximum Gasteiger partial charge on any atom is 0.326 e. The predicted octanol–water partition coefficient (Wildman–Crippen LogP) is 0.220. The molecule has 1 aliphatic rings. The Morgan fingerprint density at radius 1 is 1.35 bits per heavy atom. The average molecular weight is 306 g/mol. The summed E-state index contributed by atoms with van der Waals surface area (Å²) in [6.07, 6.45) is 0.532. The number of urea groups is 1. The number of sulfone groups is 1. The van der Waals surface area contributed by atoms with Gasteiger partial charge >= 0.3 is 12.0 Å². The van der Waals surface area contributed by atoms with Crippen molar-refractivity contribution in [3.8, 4) is 0 Å². The molecule has 1 heterocycles. The molecular weight excluding hydrogens is 284 g/mol. The summed E-state index contributed by atoms with van der Waals surface area (Å²) in [6, 6.07) is -1.59. The molecule has 0 radical (unpaired) electrons. The smallest absolute Gasteiger partial charge is 0.326 e. The van der Waals surface area contributed by atoms with Crippen molar-refractivity contribution in [2.75, 3.05) is 18.1 Å². The van der Waals surface area contributed by atoms with Crippen molar-refractivity contribution in [1.29, 1.82) is 0 Å². The maximum atomic E-state index is 11.7. The topological polar surface area (TPSA) is 113 Å². The third kappa shape index (κ3) is 4.99. The van der Waals surface area contributed by atoms with E-state index in [1.54, 1.807) is 20.8 Å². The highest BCUT2D eigenvalue weighted by Gasteiger charge is 2.33. The van der Waals surface area contributed by atoms with Crippen LogP contribution in [0, 0.1) is 11.3 Å². The van der Waals surface area contributed by atoms with Gasteiger partial charge < -0.3 is 15.7 Å². The molecule has 0 spiro atoms. The number of carbonyl (C=O) groups excluding carboxylic acids is 1. The van der Waals surface area contributed by atoms with Crippen LogP contribution in [-0.4, -0.2) is 49.6 Å². The molecule has 116 valence electrons. The van der Waals surface area contributed by atoms with E-state index in [2.05, 4.69) is 10.6 Å². The zero-order valence-corrected chi connectivity index (χ0v) is 12.8. The second kappa shape index (κ2) is 5.99. The van der Waals surface area contributed by atoms with Gasteiger partial charge in [-0.2, -0.15) is 0 Å². The minimum Gasteiger partial charge on any atom is -0.480 e. The molecule has 1 fully saturated rings. The molecule has 0 bridgehead atoms. The van der Waals surface area contributed by atoms with Crippen molar-refractivity contribution < 1.29 is 23.1 Å². The quantitative estimate of drug-likeness (QED) is 0.687. The molecule has 0 aliphatic carbocycles. The van der Waals surface area contributed by atoms with Crippen molar-refractivity contribution in [3.05, 3.63) is 0 Å². The number of carbonyl (C=O) groups is 2. The van der Waals surface area contributed by atoms with Gasteiger partial charge in [-0.25, -0.2) is 18.0 Å². The Hall–Kier alpha value is -1.31. The van der Waals surface area contributed by atoms with E-state index in [1.165, 1.54) is 0 Å². The van der Waals surface area contributed by atoms with Crippen molar-refractivity contribution in [3.63, 3.8) is 0 Å². The second-order valence-corrected chi connectivity index (χ2v) is 8.49. The standard InChI is InChI=1S/C12H22N2O5S/c1-12(2,3)9(10(15)16)14-11(17)13-6-8-4-5-20(18,19)7-8/h8-9H,4-7H2,1-3H3,(H,15,16)(H2,13,14,17). The van der Waals surface area contributed by atoms with Gasteiger partial charge in [-0.15, -0.1) is 0 Å². The summed E-state index contributed by atoms with van der Waals surface area (Å²) in [7, 11) is -2.97. The molecule has 2 amide bonds. The van der Waals surface area contributed by atoms with Crippen LogP contribution in [0.5, 0.6) is 0 Å². The molecule has 0 saturated carbocycles. The van der Waals surface area contributed by atoms with Crippen LogP contribution in [0.4, 0.5) is 4.79 Å². The van der Waals surface area contributed by atoms with E-state index in [1.807, 2.05) is 0 Å². The molecule has 0 aromatic carbocycles. The minimum absolute atomic E-state index is 0.0783. The highest BCUT2D eigenvalue weighted by molar-refractivity contribution is 7.91. The lowest BCUT2D eigenvalue weighted by atomic mass is 9.87. The van der Waals surface area contributed by atoms with Crippen LogP contribution >= 0.6 is 0 Å². The summed E-state index contributed by atoms with van der Waals surface area (Å²) in [4.78, 5) is 22.8. The van der Waals surface area contributed by atoms with Crippen LogP contribution in [0.1, 0.15) is 27.2 Å². The van der Waals surface area contributed by atoms with E-state index in [-0.39, 0.29) is 24.0 Å². The molecule has 1 rings (SSSR count). The summed E-state index contributed by atoms with van der Waals surface area (Å²) in [5.41, 5.74) is -0.611. The molecule has 2 unspecified atom stereocenters. The van der Waals surface area contributed by atoms with Crippen LogP contribution in [-0.2, 0) is 14.6 Å². The van der Waals surface area contributed by atoms with E-state index in [9.17, 15) is 18.0 Å². The molecule has 7 nitrogen and oxygen atoms in total. The molecule has 8 heteroatoms. The fraction of sp³-hybridized carbons (Fsp3) is 0.833. The lowest BCUT2D eigenvalue weighted by Crippen LogP contribution is -2.52. The number of amides is 2. The fourth-order valence-electron chi connectivity index (χ4n) is 2.10. The Balaban J connectivity index is 2.46. The average Bonchev–Trinajstić information content (AvgIpc) is 2.61. The molecule has 1 aliphatic heterocycles. The van der Waals surface area contributed by atoms with Crippen LogP contribution in [0.2, 0.25) is 0 Å². The first-order valence-electron chi connectivity index (χ1n) is 6.49. The van der Waals surface area contributed by atoms with E-state index in [0.717, 1.165) is 0 Å². The SMILES string of the molecule is CC(C)(C)C(NC(=O)NCC1CCS(=O)(=O)C1)C(=O)O. The highest BCUT2D eigenvalue weighted by atomic mass is 32.2. The summed E-state index contributed by atoms with van der Waals surface area (Å²) in [5.74, 6) is -0.963. The number of nitrogens with one attached hydrogen (secondary N) is 2. The zero-order chi connectivity index (χ0) is 15.6. The Morgan fingerprint density at radius 3 is 2.35 bits per heavy atom. The zero-order valence-electron chi connectivity index (χ0n) is 12.0.